The lowest BCUT2D eigenvalue weighted by molar-refractivity contribution is -0.138. The van der Waals surface area contributed by atoms with Crippen molar-refractivity contribution < 1.29 is 9.90 Å². The van der Waals surface area contributed by atoms with E-state index in [-0.39, 0.29) is 6.42 Å². The molecular weight excluding hydrogens is 198 g/mol. The van der Waals surface area contributed by atoms with E-state index in [0.717, 1.165) is 5.56 Å². The molecule has 0 aliphatic carbocycles. The Hall–Kier alpha value is -2.02. The van der Waals surface area contributed by atoms with E-state index in [2.05, 4.69) is 15.5 Å². The fourth-order valence-corrected chi connectivity index (χ4v) is 1.25. The van der Waals surface area contributed by atoms with Gasteiger partial charge in [0.05, 0.1) is 0 Å². The molecule has 0 saturated heterocycles. The smallest absolute Gasteiger partial charge is 0.320 e. The summed E-state index contributed by atoms with van der Waals surface area (Å²) in [7, 11) is 0. The fourth-order valence-electron chi connectivity index (χ4n) is 1.25. The zero-order chi connectivity index (χ0) is 10.8. The number of nitrogens with zero attached hydrogens (tertiary/aromatic N) is 4. The molecule has 7 nitrogen and oxygen atoms in total. The minimum atomic E-state index is -1.02. The minimum Gasteiger partial charge on any atom is -0.480 e. The number of carboxylic acid groups (broad SMARTS) is 1. The molecule has 1 atom stereocenters. The Morgan fingerprint density at radius 3 is 3.20 bits per heavy atom. The van der Waals surface area contributed by atoms with Gasteiger partial charge in [-0.25, -0.2) is 4.52 Å². The lowest BCUT2D eigenvalue weighted by Gasteiger charge is -2.05. The van der Waals surface area contributed by atoms with Crippen LogP contribution >= 0.6 is 0 Å². The van der Waals surface area contributed by atoms with Crippen LogP contribution in [0.3, 0.4) is 0 Å². The summed E-state index contributed by atoms with van der Waals surface area (Å²) < 4.78 is 1.50. The van der Waals surface area contributed by atoms with Crippen molar-refractivity contribution in [2.75, 3.05) is 0 Å². The second-order valence-corrected chi connectivity index (χ2v) is 3.17. The van der Waals surface area contributed by atoms with Gasteiger partial charge in [-0.3, -0.25) is 4.79 Å². The van der Waals surface area contributed by atoms with Gasteiger partial charge in [0.1, 0.15) is 6.04 Å². The van der Waals surface area contributed by atoms with Crippen LogP contribution in [0.5, 0.6) is 0 Å². The second-order valence-electron chi connectivity index (χ2n) is 3.17. The summed E-state index contributed by atoms with van der Waals surface area (Å²) in [5, 5.41) is 19.5. The third kappa shape index (κ3) is 1.91. The maximum atomic E-state index is 10.5. The molecule has 0 amide bonds. The zero-order valence-electron chi connectivity index (χ0n) is 7.74. The highest BCUT2D eigenvalue weighted by molar-refractivity contribution is 5.73. The fraction of sp³-hybridized carbons (Fsp3) is 0.250. The highest BCUT2D eigenvalue weighted by atomic mass is 16.4. The number of tetrazole rings is 1. The van der Waals surface area contributed by atoms with Crippen molar-refractivity contribution in [3.05, 3.63) is 23.9 Å². The number of rotatable bonds is 3. The van der Waals surface area contributed by atoms with Gasteiger partial charge < -0.3 is 10.8 Å². The van der Waals surface area contributed by atoms with Gasteiger partial charge >= 0.3 is 5.97 Å². The quantitative estimate of drug-likeness (QED) is 0.674. The van der Waals surface area contributed by atoms with Crippen LogP contribution in [0.2, 0.25) is 0 Å². The highest BCUT2D eigenvalue weighted by Gasteiger charge is 2.12. The van der Waals surface area contributed by atoms with Crippen LogP contribution in [-0.2, 0) is 11.2 Å². The molecule has 0 saturated carbocycles. The molecule has 0 radical (unpaired) electrons. The molecule has 0 aliphatic heterocycles. The van der Waals surface area contributed by atoms with Crippen molar-refractivity contribution in [3.8, 4) is 0 Å². The van der Waals surface area contributed by atoms with Gasteiger partial charge in [-0.2, -0.15) is 0 Å². The van der Waals surface area contributed by atoms with E-state index in [1.165, 1.54) is 4.52 Å². The van der Waals surface area contributed by atoms with Gasteiger partial charge in [0.25, 0.3) is 0 Å². The Kier molecular flexibility index (Phi) is 2.30. The van der Waals surface area contributed by atoms with E-state index in [1.807, 2.05) is 0 Å². The third-order valence-electron chi connectivity index (χ3n) is 2.04. The number of fused-ring (bicyclic) bond motifs is 1. The average molecular weight is 207 g/mol. The number of hydrogen-bond donors (Lipinski definition) is 2. The first-order chi connectivity index (χ1) is 7.16. The topological polar surface area (TPSA) is 106 Å². The predicted molar refractivity (Wildman–Crippen MR) is 50.1 cm³/mol. The van der Waals surface area contributed by atoms with Gasteiger partial charge in [0.2, 0.25) is 0 Å². The van der Waals surface area contributed by atoms with Crippen molar-refractivity contribution in [1.82, 2.24) is 20.0 Å². The van der Waals surface area contributed by atoms with E-state index < -0.39 is 12.0 Å². The standard InChI is InChI=1S/C8H9N5O2/c9-6(8(14)15)3-5-1-2-13-7(4-5)10-11-12-13/h1-2,4,6H,3,9H2,(H,14,15). The number of carbonyl (C=O) groups is 1. The Balaban J connectivity index is 2.24. The van der Waals surface area contributed by atoms with Crippen LogP contribution in [0, 0.1) is 0 Å². The SMILES string of the molecule is NC(Cc1ccn2nnnc2c1)C(=O)O. The zero-order valence-corrected chi connectivity index (χ0v) is 7.74. The lowest BCUT2D eigenvalue weighted by atomic mass is 10.1. The Morgan fingerprint density at radius 2 is 2.47 bits per heavy atom. The minimum absolute atomic E-state index is 0.263. The average Bonchev–Trinajstić information content (AvgIpc) is 2.64. The van der Waals surface area contributed by atoms with Crippen molar-refractivity contribution in [1.29, 1.82) is 0 Å². The molecule has 1 unspecified atom stereocenters. The molecule has 0 aromatic carbocycles. The molecule has 0 bridgehead atoms. The molecule has 7 heteroatoms. The lowest BCUT2D eigenvalue weighted by Crippen LogP contribution is -2.32. The number of nitrogens with two attached hydrogens (primary N) is 1. The highest BCUT2D eigenvalue weighted by Crippen LogP contribution is 2.05. The van der Waals surface area contributed by atoms with E-state index in [4.69, 9.17) is 10.8 Å². The molecular formula is C8H9N5O2. The Labute approximate surface area is 84.5 Å². The van der Waals surface area contributed by atoms with Crippen LogP contribution in [-0.4, -0.2) is 37.2 Å². The summed E-state index contributed by atoms with van der Waals surface area (Å²) in [6, 6.07) is 2.55. The summed E-state index contributed by atoms with van der Waals surface area (Å²) in [6.07, 6.45) is 1.93. The maximum Gasteiger partial charge on any atom is 0.320 e. The summed E-state index contributed by atoms with van der Waals surface area (Å²) in [4.78, 5) is 10.5. The number of carboxylic acids is 1. The third-order valence-corrected chi connectivity index (χ3v) is 2.04. The monoisotopic (exact) mass is 207 g/mol. The van der Waals surface area contributed by atoms with Gasteiger partial charge in [0, 0.05) is 6.20 Å². The van der Waals surface area contributed by atoms with E-state index >= 15 is 0 Å². The molecule has 2 rings (SSSR count). The van der Waals surface area contributed by atoms with Gasteiger partial charge in [-0.1, -0.05) is 0 Å². The second kappa shape index (κ2) is 3.62. The van der Waals surface area contributed by atoms with Gasteiger partial charge in [-0.05, 0) is 34.5 Å². The van der Waals surface area contributed by atoms with Crippen LogP contribution < -0.4 is 5.73 Å². The predicted octanol–water partition coefficient (Wildman–Crippen LogP) is -0.921. The molecule has 2 aromatic rings. The maximum absolute atomic E-state index is 10.5. The Morgan fingerprint density at radius 1 is 1.67 bits per heavy atom. The van der Waals surface area contributed by atoms with Crippen LogP contribution in [0.15, 0.2) is 18.3 Å². The van der Waals surface area contributed by atoms with Crippen molar-refractivity contribution >= 4 is 11.6 Å². The number of aromatic nitrogens is 4. The molecule has 2 aromatic heterocycles. The summed E-state index contributed by atoms with van der Waals surface area (Å²) in [5.41, 5.74) is 6.78. The molecule has 2 heterocycles. The number of pyridine rings is 1. The first-order valence-corrected chi connectivity index (χ1v) is 4.32. The molecule has 78 valence electrons. The normalized spacial score (nSPS) is 12.9. The van der Waals surface area contributed by atoms with Gasteiger partial charge in [-0.15, -0.1) is 5.10 Å². The molecule has 15 heavy (non-hydrogen) atoms. The first-order valence-electron chi connectivity index (χ1n) is 4.32. The number of aliphatic carboxylic acids is 1. The van der Waals surface area contributed by atoms with Crippen LogP contribution in [0.1, 0.15) is 5.56 Å². The van der Waals surface area contributed by atoms with Crippen LogP contribution in [0.25, 0.3) is 5.65 Å². The summed E-state index contributed by atoms with van der Waals surface area (Å²) >= 11 is 0. The largest absolute Gasteiger partial charge is 0.480 e. The van der Waals surface area contributed by atoms with Crippen LogP contribution in [0.4, 0.5) is 0 Å². The number of hydrogen-bond acceptors (Lipinski definition) is 5. The van der Waals surface area contributed by atoms with E-state index in [1.54, 1.807) is 18.3 Å². The molecule has 0 fully saturated rings. The summed E-state index contributed by atoms with van der Waals surface area (Å²) in [5.74, 6) is -1.02. The van der Waals surface area contributed by atoms with Crippen molar-refractivity contribution in [3.63, 3.8) is 0 Å². The Bertz CT molecular complexity index is 494. The molecule has 3 N–H and O–H groups in total. The first kappa shape index (κ1) is 9.53. The van der Waals surface area contributed by atoms with Gasteiger partial charge in [0.15, 0.2) is 5.65 Å². The summed E-state index contributed by atoms with van der Waals surface area (Å²) in [6.45, 7) is 0. The molecule has 0 spiro atoms. The van der Waals surface area contributed by atoms with E-state index in [0.29, 0.717) is 5.65 Å². The molecule has 0 aliphatic rings. The van der Waals surface area contributed by atoms with E-state index in [9.17, 15) is 4.79 Å². The van der Waals surface area contributed by atoms with Crippen molar-refractivity contribution in [2.24, 2.45) is 5.73 Å². The van der Waals surface area contributed by atoms with Crippen molar-refractivity contribution in [2.45, 2.75) is 12.5 Å².